The zero-order chi connectivity index (χ0) is 13.1. The Morgan fingerprint density at radius 3 is 2.72 bits per heavy atom. The van der Waals surface area contributed by atoms with Gasteiger partial charge in [-0.3, -0.25) is 0 Å². The molecule has 5 nitrogen and oxygen atoms in total. The van der Waals surface area contributed by atoms with Crippen LogP contribution in [0.5, 0.6) is 0 Å². The minimum absolute atomic E-state index is 0.00335. The maximum Gasteiger partial charge on any atom is 0.229 e. The molecule has 0 radical (unpaired) electrons. The van der Waals surface area contributed by atoms with E-state index < -0.39 is 11.6 Å². The van der Waals surface area contributed by atoms with Crippen molar-refractivity contribution < 1.29 is 8.78 Å². The molecular weight excluding hydrogens is 264 g/mol. The van der Waals surface area contributed by atoms with Crippen LogP contribution in [0.3, 0.4) is 0 Å². The van der Waals surface area contributed by atoms with Crippen LogP contribution in [0.15, 0.2) is 18.2 Å². The summed E-state index contributed by atoms with van der Waals surface area (Å²) < 4.78 is 26.2. The van der Waals surface area contributed by atoms with Crippen molar-refractivity contribution in [3.05, 3.63) is 40.7 Å². The molecule has 0 amide bonds. The van der Waals surface area contributed by atoms with Crippen LogP contribution in [0.25, 0.3) is 0 Å². The van der Waals surface area contributed by atoms with Crippen molar-refractivity contribution in [1.29, 1.82) is 0 Å². The molecule has 1 aromatic carbocycles. The molecule has 18 heavy (non-hydrogen) atoms. The van der Waals surface area contributed by atoms with Gasteiger partial charge in [0.2, 0.25) is 17.2 Å². The highest BCUT2D eigenvalue weighted by Gasteiger charge is 2.06. The van der Waals surface area contributed by atoms with Crippen molar-refractivity contribution in [3.8, 4) is 0 Å². The Morgan fingerprint density at radius 1 is 1.22 bits per heavy atom. The van der Waals surface area contributed by atoms with E-state index in [1.54, 1.807) is 0 Å². The maximum atomic E-state index is 13.3. The number of aromatic nitrogens is 3. The van der Waals surface area contributed by atoms with E-state index in [-0.39, 0.29) is 29.3 Å². The lowest BCUT2D eigenvalue weighted by atomic mass is 10.2. The molecule has 0 bridgehead atoms. The standard InChI is InChI=1S/C10H8ClF2N5/c11-8-16-9(14)18-10(17-8)15-4-5-3-6(12)1-2-7(5)13/h1-3H,4H2,(H3,14,15,16,17,18). The van der Waals surface area contributed by atoms with E-state index in [1.165, 1.54) is 0 Å². The summed E-state index contributed by atoms with van der Waals surface area (Å²) in [6.45, 7) is 0.00335. The molecular formula is C10H8ClF2N5. The molecule has 0 saturated heterocycles. The van der Waals surface area contributed by atoms with E-state index in [0.29, 0.717) is 0 Å². The van der Waals surface area contributed by atoms with Crippen LogP contribution in [0.1, 0.15) is 5.56 Å². The second-order valence-electron chi connectivity index (χ2n) is 3.38. The summed E-state index contributed by atoms with van der Waals surface area (Å²) in [6.07, 6.45) is 0. The number of anilines is 2. The van der Waals surface area contributed by atoms with Gasteiger partial charge in [0.05, 0.1) is 0 Å². The SMILES string of the molecule is Nc1nc(Cl)nc(NCc2cc(F)ccc2F)n1. The molecule has 0 saturated carbocycles. The summed E-state index contributed by atoms with van der Waals surface area (Å²) in [6, 6.07) is 3.16. The molecule has 2 aromatic rings. The average Bonchev–Trinajstić information content (AvgIpc) is 2.29. The van der Waals surface area contributed by atoms with Crippen molar-refractivity contribution in [2.75, 3.05) is 11.1 Å². The predicted octanol–water partition coefficient (Wildman–Crippen LogP) is 2.00. The lowest BCUT2D eigenvalue weighted by molar-refractivity contribution is 0.587. The van der Waals surface area contributed by atoms with Gasteiger partial charge in [-0.25, -0.2) is 8.78 Å². The van der Waals surface area contributed by atoms with E-state index >= 15 is 0 Å². The molecule has 94 valence electrons. The van der Waals surface area contributed by atoms with Crippen LogP contribution < -0.4 is 11.1 Å². The number of rotatable bonds is 3. The van der Waals surface area contributed by atoms with Crippen molar-refractivity contribution in [2.24, 2.45) is 0 Å². The number of halogens is 3. The number of benzene rings is 1. The highest BCUT2D eigenvalue weighted by Crippen LogP contribution is 2.12. The Labute approximate surface area is 106 Å². The zero-order valence-electron chi connectivity index (χ0n) is 8.99. The minimum atomic E-state index is -0.531. The summed E-state index contributed by atoms with van der Waals surface area (Å²) in [5, 5.41) is 2.60. The highest BCUT2D eigenvalue weighted by molar-refractivity contribution is 6.28. The molecule has 0 spiro atoms. The molecule has 1 heterocycles. The van der Waals surface area contributed by atoms with Crippen molar-refractivity contribution in [2.45, 2.75) is 6.54 Å². The third-order valence-corrected chi connectivity index (χ3v) is 2.24. The molecule has 0 aliphatic rings. The maximum absolute atomic E-state index is 13.3. The Bertz CT molecular complexity index is 558. The first-order chi connectivity index (χ1) is 8.54. The fourth-order valence-electron chi connectivity index (χ4n) is 1.30. The summed E-state index contributed by atoms with van der Waals surface area (Å²) in [5.41, 5.74) is 5.51. The Hall–Kier alpha value is -2.02. The molecule has 0 fully saturated rings. The number of nitrogens with two attached hydrogens (primary N) is 1. The van der Waals surface area contributed by atoms with Crippen molar-refractivity contribution in [3.63, 3.8) is 0 Å². The second kappa shape index (κ2) is 5.09. The number of nitrogen functional groups attached to an aromatic ring is 1. The number of hydrogen-bond acceptors (Lipinski definition) is 5. The number of nitrogens with zero attached hydrogens (tertiary/aromatic N) is 3. The van der Waals surface area contributed by atoms with Gasteiger partial charge in [-0.05, 0) is 29.8 Å². The fraction of sp³-hybridized carbons (Fsp3) is 0.100. The molecule has 8 heteroatoms. The molecule has 0 aliphatic heterocycles. The van der Waals surface area contributed by atoms with E-state index in [2.05, 4.69) is 20.3 Å². The van der Waals surface area contributed by atoms with Crippen molar-refractivity contribution >= 4 is 23.5 Å². The van der Waals surface area contributed by atoms with Crippen LogP contribution in [-0.2, 0) is 6.54 Å². The van der Waals surface area contributed by atoms with Gasteiger partial charge in [-0.2, -0.15) is 15.0 Å². The van der Waals surface area contributed by atoms with Crippen LogP contribution >= 0.6 is 11.6 Å². The van der Waals surface area contributed by atoms with E-state index in [4.69, 9.17) is 17.3 Å². The first-order valence-corrected chi connectivity index (χ1v) is 5.27. The minimum Gasteiger partial charge on any atom is -0.368 e. The summed E-state index contributed by atoms with van der Waals surface area (Å²) in [7, 11) is 0. The lowest BCUT2D eigenvalue weighted by Crippen LogP contribution is -2.08. The third kappa shape index (κ3) is 3.01. The molecule has 0 aliphatic carbocycles. The van der Waals surface area contributed by atoms with E-state index in [9.17, 15) is 8.78 Å². The number of nitrogens with one attached hydrogen (secondary N) is 1. The molecule has 3 N–H and O–H groups in total. The van der Waals surface area contributed by atoms with Gasteiger partial charge >= 0.3 is 0 Å². The number of hydrogen-bond donors (Lipinski definition) is 2. The Balaban J connectivity index is 2.13. The Morgan fingerprint density at radius 2 is 2.00 bits per heavy atom. The molecule has 2 rings (SSSR count). The molecule has 0 atom stereocenters. The summed E-state index contributed by atoms with van der Waals surface area (Å²) in [5.74, 6) is -1.02. The van der Waals surface area contributed by atoms with Gasteiger partial charge < -0.3 is 11.1 Å². The molecule has 1 aromatic heterocycles. The topological polar surface area (TPSA) is 76.7 Å². The van der Waals surface area contributed by atoms with Gasteiger partial charge in [0.15, 0.2) is 0 Å². The van der Waals surface area contributed by atoms with Crippen LogP contribution in [0.2, 0.25) is 5.28 Å². The van der Waals surface area contributed by atoms with Crippen LogP contribution in [-0.4, -0.2) is 15.0 Å². The zero-order valence-corrected chi connectivity index (χ0v) is 9.75. The lowest BCUT2D eigenvalue weighted by Gasteiger charge is -2.06. The first kappa shape index (κ1) is 12.4. The summed E-state index contributed by atoms with van der Waals surface area (Å²) in [4.78, 5) is 11.0. The van der Waals surface area contributed by atoms with Gasteiger partial charge in [0, 0.05) is 12.1 Å². The quantitative estimate of drug-likeness (QED) is 0.893. The monoisotopic (exact) mass is 271 g/mol. The molecule has 0 unspecified atom stereocenters. The van der Waals surface area contributed by atoms with Gasteiger partial charge in [0.25, 0.3) is 0 Å². The second-order valence-corrected chi connectivity index (χ2v) is 3.71. The van der Waals surface area contributed by atoms with Gasteiger partial charge in [-0.1, -0.05) is 0 Å². The Kier molecular flexibility index (Phi) is 3.52. The van der Waals surface area contributed by atoms with Gasteiger partial charge in [-0.15, -0.1) is 0 Å². The van der Waals surface area contributed by atoms with Gasteiger partial charge in [0.1, 0.15) is 11.6 Å². The van der Waals surface area contributed by atoms with Crippen LogP contribution in [0.4, 0.5) is 20.7 Å². The van der Waals surface area contributed by atoms with E-state index in [0.717, 1.165) is 18.2 Å². The van der Waals surface area contributed by atoms with Crippen molar-refractivity contribution in [1.82, 2.24) is 15.0 Å². The third-order valence-electron chi connectivity index (χ3n) is 2.07. The highest BCUT2D eigenvalue weighted by atomic mass is 35.5. The normalized spacial score (nSPS) is 10.4. The first-order valence-electron chi connectivity index (χ1n) is 4.89. The largest absolute Gasteiger partial charge is 0.368 e. The van der Waals surface area contributed by atoms with Crippen LogP contribution in [0, 0.1) is 11.6 Å². The summed E-state index contributed by atoms with van der Waals surface area (Å²) >= 11 is 5.57. The average molecular weight is 272 g/mol. The predicted molar refractivity (Wildman–Crippen MR) is 62.9 cm³/mol. The smallest absolute Gasteiger partial charge is 0.229 e. The van der Waals surface area contributed by atoms with E-state index in [1.807, 2.05) is 0 Å². The fourth-order valence-corrected chi connectivity index (χ4v) is 1.46.